The Hall–Kier alpha value is -3.73. The van der Waals surface area contributed by atoms with Gasteiger partial charge in [-0.3, -0.25) is 34.3 Å². The molecule has 2 aromatic carbocycles. The van der Waals surface area contributed by atoms with Crippen LogP contribution in [0.5, 0.6) is 0 Å². The number of urea groups is 1. The Labute approximate surface area is 240 Å². The van der Waals surface area contributed by atoms with E-state index in [1.807, 2.05) is 40.1 Å². The third-order valence-electron chi connectivity index (χ3n) is 8.31. The maximum absolute atomic E-state index is 13.5. The Balaban J connectivity index is 1.12. The first-order valence-corrected chi connectivity index (χ1v) is 14.5. The molecule has 6 amide bonds. The van der Waals surface area contributed by atoms with Crippen molar-refractivity contribution < 1.29 is 24.0 Å². The molecular formula is C29H30BrN5O5. The van der Waals surface area contributed by atoms with Crippen molar-refractivity contribution in [1.82, 2.24) is 15.1 Å². The molecule has 10 nitrogen and oxygen atoms in total. The van der Waals surface area contributed by atoms with E-state index in [0.29, 0.717) is 48.9 Å². The average molecular weight is 608 g/mol. The molecule has 0 bridgehead atoms. The fraction of sp³-hybridized carbons (Fsp3) is 0.414. The molecule has 1 unspecified atom stereocenters. The molecule has 1 atom stereocenters. The van der Waals surface area contributed by atoms with E-state index in [0.717, 1.165) is 40.9 Å². The van der Waals surface area contributed by atoms with E-state index in [1.54, 1.807) is 12.1 Å². The Morgan fingerprint density at radius 1 is 0.875 bits per heavy atom. The second-order valence-corrected chi connectivity index (χ2v) is 11.7. The lowest BCUT2D eigenvalue weighted by Crippen LogP contribution is -2.54. The first-order valence-electron chi connectivity index (χ1n) is 13.7. The summed E-state index contributed by atoms with van der Waals surface area (Å²) in [6, 6.07) is 12.1. The largest absolute Gasteiger partial charge is 0.371 e. The molecule has 0 aliphatic carbocycles. The van der Waals surface area contributed by atoms with Crippen LogP contribution in [0.1, 0.15) is 52.8 Å². The second kappa shape index (κ2) is 10.7. The topological polar surface area (TPSA) is 110 Å². The summed E-state index contributed by atoms with van der Waals surface area (Å²) in [7, 11) is 0. The van der Waals surface area contributed by atoms with Crippen LogP contribution >= 0.6 is 15.9 Å². The number of benzene rings is 2. The average Bonchev–Trinajstić information content (AvgIpc) is 3.20. The smallest absolute Gasteiger partial charge is 0.324 e. The second-order valence-electron chi connectivity index (χ2n) is 10.8. The summed E-state index contributed by atoms with van der Waals surface area (Å²) in [5.41, 5.74) is 2.20. The number of nitrogens with zero attached hydrogens (tertiary/aromatic N) is 4. The van der Waals surface area contributed by atoms with Crippen molar-refractivity contribution in [2.75, 3.05) is 42.5 Å². The highest BCUT2D eigenvalue weighted by atomic mass is 79.9. The fourth-order valence-electron chi connectivity index (χ4n) is 6.26. The van der Waals surface area contributed by atoms with Crippen molar-refractivity contribution in [3.8, 4) is 0 Å². The summed E-state index contributed by atoms with van der Waals surface area (Å²) >= 11 is 3.49. The van der Waals surface area contributed by atoms with E-state index >= 15 is 0 Å². The van der Waals surface area contributed by atoms with Gasteiger partial charge in [-0.1, -0.05) is 28.1 Å². The molecule has 4 heterocycles. The monoisotopic (exact) mass is 607 g/mol. The molecule has 11 heteroatoms. The third-order valence-corrected chi connectivity index (χ3v) is 8.80. The van der Waals surface area contributed by atoms with E-state index in [2.05, 4.69) is 26.1 Å². The maximum Gasteiger partial charge on any atom is 0.324 e. The van der Waals surface area contributed by atoms with Gasteiger partial charge >= 0.3 is 6.03 Å². The van der Waals surface area contributed by atoms with E-state index in [4.69, 9.17) is 0 Å². The number of nitrogens with one attached hydrogen (secondary N) is 1. The molecule has 3 saturated heterocycles. The van der Waals surface area contributed by atoms with Crippen LogP contribution in [0.25, 0.3) is 0 Å². The van der Waals surface area contributed by atoms with Gasteiger partial charge < -0.3 is 9.80 Å². The molecule has 1 N–H and O–H groups in total. The van der Waals surface area contributed by atoms with Crippen molar-refractivity contribution in [3.05, 3.63) is 58.1 Å². The van der Waals surface area contributed by atoms with Crippen LogP contribution in [0.3, 0.4) is 0 Å². The van der Waals surface area contributed by atoms with Crippen molar-refractivity contribution >= 4 is 57.0 Å². The Bertz CT molecular complexity index is 1400. The van der Waals surface area contributed by atoms with Crippen LogP contribution in [0.2, 0.25) is 0 Å². The predicted molar refractivity (Wildman–Crippen MR) is 151 cm³/mol. The molecule has 0 radical (unpaired) electrons. The molecule has 40 heavy (non-hydrogen) atoms. The summed E-state index contributed by atoms with van der Waals surface area (Å²) in [5.74, 6) is -1.66. The number of piperidine rings is 2. The lowest BCUT2D eigenvalue weighted by molar-refractivity contribution is -0.136. The van der Waals surface area contributed by atoms with E-state index in [9.17, 15) is 24.0 Å². The normalized spacial score (nSPS) is 22.2. The molecule has 6 rings (SSSR count). The van der Waals surface area contributed by atoms with Gasteiger partial charge in [0.25, 0.3) is 11.8 Å². The lowest BCUT2D eigenvalue weighted by atomic mass is 9.94. The number of imide groups is 2. The first kappa shape index (κ1) is 26.5. The predicted octanol–water partition coefficient (Wildman–Crippen LogP) is 3.40. The van der Waals surface area contributed by atoms with Gasteiger partial charge in [0.15, 0.2) is 0 Å². The number of hydrogen-bond acceptors (Lipinski definition) is 6. The van der Waals surface area contributed by atoms with Crippen LogP contribution in [0, 0.1) is 5.92 Å². The highest BCUT2D eigenvalue weighted by Gasteiger charge is 2.46. The van der Waals surface area contributed by atoms with Gasteiger partial charge in [0, 0.05) is 49.3 Å². The fourth-order valence-corrected chi connectivity index (χ4v) is 6.65. The molecule has 0 spiro atoms. The Morgan fingerprint density at radius 2 is 1.65 bits per heavy atom. The minimum Gasteiger partial charge on any atom is -0.371 e. The summed E-state index contributed by atoms with van der Waals surface area (Å²) < 4.78 is 0.940. The van der Waals surface area contributed by atoms with Gasteiger partial charge in [-0.15, -0.1) is 0 Å². The summed E-state index contributed by atoms with van der Waals surface area (Å²) in [6.07, 6.45) is 2.83. The zero-order valence-corrected chi connectivity index (χ0v) is 23.6. The zero-order chi connectivity index (χ0) is 28.0. The number of rotatable bonds is 5. The molecule has 0 aromatic heterocycles. The highest BCUT2D eigenvalue weighted by molar-refractivity contribution is 9.10. The van der Waals surface area contributed by atoms with Crippen LogP contribution in [-0.2, 0) is 9.59 Å². The molecule has 4 aliphatic rings. The molecular weight excluding hydrogens is 578 g/mol. The standard InChI is InChI=1S/C29H30BrN5O5/c30-19-4-1-5-20(16-19)34-13-3-12-33(29(34)40)17-18-10-14-32(15-11-18)22-7-2-6-21-25(22)28(39)35(27(21)38)23-8-9-24(36)31-26(23)37/h1-2,4-7,16,18,23H,3,8-15,17H2,(H,31,36,37). The summed E-state index contributed by atoms with van der Waals surface area (Å²) in [5, 5.41) is 2.24. The molecule has 2 aromatic rings. The molecule has 3 fully saturated rings. The van der Waals surface area contributed by atoms with E-state index in [-0.39, 0.29) is 18.9 Å². The van der Waals surface area contributed by atoms with Crippen molar-refractivity contribution in [2.24, 2.45) is 5.92 Å². The molecule has 4 aliphatic heterocycles. The number of hydrogen-bond donors (Lipinski definition) is 1. The number of amides is 6. The van der Waals surface area contributed by atoms with Gasteiger partial charge in [-0.25, -0.2) is 4.79 Å². The first-order chi connectivity index (χ1) is 19.3. The zero-order valence-electron chi connectivity index (χ0n) is 22.0. The number of fused-ring (bicyclic) bond motifs is 1. The van der Waals surface area contributed by atoms with Gasteiger partial charge in [-0.05, 0) is 61.9 Å². The van der Waals surface area contributed by atoms with Crippen molar-refractivity contribution in [1.29, 1.82) is 0 Å². The maximum atomic E-state index is 13.5. The van der Waals surface area contributed by atoms with Gasteiger partial charge in [0.2, 0.25) is 11.8 Å². The SMILES string of the molecule is O=C1CCC(N2C(=O)c3cccc(N4CCC(CN5CCCN(c6cccc(Br)c6)C5=O)CC4)c3C2=O)C(=O)N1. The molecule has 208 valence electrons. The third kappa shape index (κ3) is 4.76. The molecule has 0 saturated carbocycles. The minimum atomic E-state index is -0.984. The number of carbonyl (C=O) groups excluding carboxylic acids is 5. The highest BCUT2D eigenvalue weighted by Crippen LogP contribution is 2.36. The van der Waals surface area contributed by atoms with Crippen molar-refractivity contribution in [2.45, 2.75) is 38.1 Å². The van der Waals surface area contributed by atoms with E-state index < -0.39 is 29.7 Å². The van der Waals surface area contributed by atoms with Crippen LogP contribution in [0.15, 0.2) is 46.9 Å². The Kier molecular flexibility index (Phi) is 7.07. The number of carbonyl (C=O) groups is 5. The number of anilines is 2. The quantitative estimate of drug-likeness (QED) is 0.522. The van der Waals surface area contributed by atoms with Gasteiger partial charge in [0.05, 0.1) is 16.8 Å². The number of halogens is 1. The van der Waals surface area contributed by atoms with Gasteiger partial charge in [-0.2, -0.15) is 0 Å². The summed E-state index contributed by atoms with van der Waals surface area (Å²) in [6.45, 7) is 3.51. The Morgan fingerprint density at radius 3 is 2.40 bits per heavy atom. The van der Waals surface area contributed by atoms with Crippen molar-refractivity contribution in [3.63, 3.8) is 0 Å². The minimum absolute atomic E-state index is 0.0327. The van der Waals surface area contributed by atoms with Crippen LogP contribution < -0.4 is 15.1 Å². The lowest BCUT2D eigenvalue weighted by Gasteiger charge is -2.40. The summed E-state index contributed by atoms with van der Waals surface area (Å²) in [4.78, 5) is 70.9. The van der Waals surface area contributed by atoms with Crippen LogP contribution in [-0.4, -0.2) is 78.2 Å². The van der Waals surface area contributed by atoms with E-state index in [1.165, 1.54) is 0 Å². The van der Waals surface area contributed by atoms with Gasteiger partial charge in [0.1, 0.15) is 6.04 Å². The van der Waals surface area contributed by atoms with Crippen LogP contribution in [0.4, 0.5) is 16.2 Å².